The minimum absolute atomic E-state index is 0.148. The SMILES string of the molecule is NCC[C@H](N)c1cc(F)ccc1C(F)(F)F. The van der Waals surface area contributed by atoms with Crippen LogP contribution in [0.25, 0.3) is 0 Å². The zero-order chi connectivity index (χ0) is 12.3. The molecule has 1 aromatic rings. The Balaban J connectivity index is 3.18. The second-order valence-corrected chi connectivity index (χ2v) is 3.41. The summed E-state index contributed by atoms with van der Waals surface area (Å²) in [7, 11) is 0. The molecular weight excluding hydrogens is 224 g/mol. The normalized spacial score (nSPS) is 13.9. The first-order valence-electron chi connectivity index (χ1n) is 4.68. The van der Waals surface area contributed by atoms with Gasteiger partial charge in [-0.1, -0.05) is 0 Å². The molecule has 0 bridgehead atoms. The molecule has 16 heavy (non-hydrogen) atoms. The van der Waals surface area contributed by atoms with Gasteiger partial charge in [-0.15, -0.1) is 0 Å². The van der Waals surface area contributed by atoms with Crippen LogP contribution in [0.2, 0.25) is 0 Å². The second-order valence-electron chi connectivity index (χ2n) is 3.41. The summed E-state index contributed by atoms with van der Waals surface area (Å²) < 4.78 is 50.6. The number of nitrogens with two attached hydrogens (primary N) is 2. The number of halogens is 4. The fourth-order valence-corrected chi connectivity index (χ4v) is 1.43. The van der Waals surface area contributed by atoms with Crippen LogP contribution >= 0.6 is 0 Å². The Morgan fingerprint density at radius 1 is 1.25 bits per heavy atom. The Hall–Kier alpha value is -1.14. The van der Waals surface area contributed by atoms with E-state index in [1.54, 1.807) is 0 Å². The average molecular weight is 236 g/mol. The third-order valence-electron chi connectivity index (χ3n) is 2.20. The topological polar surface area (TPSA) is 52.0 Å². The van der Waals surface area contributed by atoms with Gasteiger partial charge in [-0.25, -0.2) is 4.39 Å². The Morgan fingerprint density at radius 3 is 2.38 bits per heavy atom. The molecule has 2 nitrogen and oxygen atoms in total. The van der Waals surface area contributed by atoms with Crippen LogP contribution in [0.4, 0.5) is 17.6 Å². The Kier molecular flexibility index (Phi) is 3.88. The molecule has 0 aliphatic carbocycles. The van der Waals surface area contributed by atoms with Gasteiger partial charge >= 0.3 is 6.18 Å². The molecule has 4 N–H and O–H groups in total. The van der Waals surface area contributed by atoms with Crippen molar-refractivity contribution in [3.63, 3.8) is 0 Å². The van der Waals surface area contributed by atoms with Crippen molar-refractivity contribution >= 4 is 0 Å². The summed E-state index contributed by atoms with van der Waals surface area (Å²) in [4.78, 5) is 0. The van der Waals surface area contributed by atoms with Crippen LogP contribution < -0.4 is 11.5 Å². The third kappa shape index (κ3) is 2.93. The largest absolute Gasteiger partial charge is 0.416 e. The highest BCUT2D eigenvalue weighted by Gasteiger charge is 2.34. The van der Waals surface area contributed by atoms with Crippen LogP contribution in [0.3, 0.4) is 0 Å². The van der Waals surface area contributed by atoms with E-state index in [0.717, 1.165) is 12.1 Å². The lowest BCUT2D eigenvalue weighted by atomic mass is 9.98. The van der Waals surface area contributed by atoms with Gasteiger partial charge in [-0.05, 0) is 36.7 Å². The van der Waals surface area contributed by atoms with Gasteiger partial charge in [0, 0.05) is 6.04 Å². The molecule has 0 aromatic heterocycles. The van der Waals surface area contributed by atoms with E-state index in [1.807, 2.05) is 0 Å². The minimum atomic E-state index is -4.53. The number of alkyl halides is 3. The Morgan fingerprint density at radius 2 is 1.88 bits per heavy atom. The molecule has 1 atom stereocenters. The van der Waals surface area contributed by atoms with Gasteiger partial charge in [0.05, 0.1) is 5.56 Å². The van der Waals surface area contributed by atoms with Gasteiger partial charge in [-0.3, -0.25) is 0 Å². The summed E-state index contributed by atoms with van der Waals surface area (Å²) in [6, 6.07) is 1.36. The Labute approximate surface area is 90.2 Å². The fraction of sp³-hybridized carbons (Fsp3) is 0.400. The summed E-state index contributed by atoms with van der Waals surface area (Å²) in [6.45, 7) is 0.148. The van der Waals surface area contributed by atoms with Gasteiger partial charge < -0.3 is 11.5 Å². The summed E-state index contributed by atoms with van der Waals surface area (Å²) in [6.07, 6.45) is -4.36. The molecule has 0 unspecified atom stereocenters. The lowest BCUT2D eigenvalue weighted by molar-refractivity contribution is -0.138. The van der Waals surface area contributed by atoms with Crippen molar-refractivity contribution < 1.29 is 17.6 Å². The zero-order valence-electron chi connectivity index (χ0n) is 8.39. The molecule has 0 fully saturated rings. The zero-order valence-corrected chi connectivity index (χ0v) is 8.39. The van der Waals surface area contributed by atoms with Crippen molar-refractivity contribution in [2.75, 3.05) is 6.54 Å². The molecule has 0 radical (unpaired) electrons. The Bertz CT molecular complexity index is 362. The highest BCUT2D eigenvalue weighted by Crippen LogP contribution is 2.35. The van der Waals surface area contributed by atoms with Crippen LogP contribution in [-0.4, -0.2) is 6.54 Å². The lowest BCUT2D eigenvalue weighted by Crippen LogP contribution is -2.20. The number of hydrogen-bond acceptors (Lipinski definition) is 2. The molecule has 0 amide bonds. The summed E-state index contributed by atoms with van der Waals surface area (Å²) in [5.74, 6) is -0.740. The third-order valence-corrected chi connectivity index (χ3v) is 2.20. The fourth-order valence-electron chi connectivity index (χ4n) is 1.43. The van der Waals surface area contributed by atoms with E-state index in [2.05, 4.69) is 0 Å². The maximum Gasteiger partial charge on any atom is 0.416 e. The molecular formula is C10H12F4N2. The van der Waals surface area contributed by atoms with Gasteiger partial charge in [-0.2, -0.15) is 13.2 Å². The van der Waals surface area contributed by atoms with Crippen molar-refractivity contribution in [3.8, 4) is 0 Å². The molecule has 0 aliphatic rings. The molecule has 90 valence electrons. The van der Waals surface area contributed by atoms with E-state index in [-0.39, 0.29) is 18.5 Å². The van der Waals surface area contributed by atoms with Gasteiger partial charge in [0.25, 0.3) is 0 Å². The highest BCUT2D eigenvalue weighted by molar-refractivity contribution is 5.32. The van der Waals surface area contributed by atoms with Crippen molar-refractivity contribution in [3.05, 3.63) is 35.1 Å². The predicted molar refractivity (Wildman–Crippen MR) is 52.0 cm³/mol. The van der Waals surface area contributed by atoms with Crippen molar-refractivity contribution in [1.82, 2.24) is 0 Å². The first kappa shape index (κ1) is 12.9. The second kappa shape index (κ2) is 4.80. The van der Waals surface area contributed by atoms with E-state index in [4.69, 9.17) is 11.5 Å². The quantitative estimate of drug-likeness (QED) is 0.790. The highest BCUT2D eigenvalue weighted by atomic mass is 19.4. The maximum atomic E-state index is 12.9. The van der Waals surface area contributed by atoms with Crippen LogP contribution in [0, 0.1) is 5.82 Å². The van der Waals surface area contributed by atoms with Crippen molar-refractivity contribution in [2.45, 2.75) is 18.6 Å². The molecule has 0 aliphatic heterocycles. The average Bonchev–Trinajstić information content (AvgIpc) is 2.16. The van der Waals surface area contributed by atoms with E-state index in [1.165, 1.54) is 0 Å². The molecule has 0 heterocycles. The lowest BCUT2D eigenvalue weighted by Gasteiger charge is -2.17. The summed E-state index contributed by atoms with van der Waals surface area (Å²) in [5.41, 5.74) is 9.57. The summed E-state index contributed by atoms with van der Waals surface area (Å²) in [5, 5.41) is 0. The van der Waals surface area contributed by atoms with E-state index < -0.39 is 23.6 Å². The standard InChI is InChI=1S/C10H12F4N2/c11-6-1-2-8(10(12,13)14)7(5-6)9(16)3-4-15/h1-2,5,9H,3-4,15-16H2/t9-/m0/s1. The summed E-state index contributed by atoms with van der Waals surface area (Å²) >= 11 is 0. The predicted octanol–water partition coefficient (Wildman–Crippen LogP) is 2.19. The van der Waals surface area contributed by atoms with Gasteiger partial charge in [0.15, 0.2) is 0 Å². The molecule has 0 saturated carbocycles. The molecule has 1 aromatic carbocycles. The molecule has 0 spiro atoms. The smallest absolute Gasteiger partial charge is 0.330 e. The van der Waals surface area contributed by atoms with Gasteiger partial charge in [0.2, 0.25) is 0 Å². The van der Waals surface area contributed by atoms with Crippen LogP contribution in [0.15, 0.2) is 18.2 Å². The van der Waals surface area contributed by atoms with Crippen molar-refractivity contribution in [1.29, 1.82) is 0 Å². The maximum absolute atomic E-state index is 12.9. The molecule has 0 saturated heterocycles. The molecule has 1 rings (SSSR count). The van der Waals surface area contributed by atoms with Crippen molar-refractivity contribution in [2.24, 2.45) is 11.5 Å². The first-order valence-corrected chi connectivity index (χ1v) is 4.68. The monoisotopic (exact) mass is 236 g/mol. The van der Waals surface area contributed by atoms with Gasteiger partial charge in [0.1, 0.15) is 5.82 Å². The minimum Gasteiger partial charge on any atom is -0.330 e. The van der Waals surface area contributed by atoms with Crippen LogP contribution in [0.1, 0.15) is 23.6 Å². The van der Waals surface area contributed by atoms with E-state index >= 15 is 0 Å². The molecule has 6 heteroatoms. The van der Waals surface area contributed by atoms with Crippen LogP contribution in [-0.2, 0) is 6.18 Å². The number of rotatable bonds is 3. The number of benzene rings is 1. The first-order chi connectivity index (χ1) is 7.36. The van der Waals surface area contributed by atoms with E-state index in [9.17, 15) is 17.6 Å². The van der Waals surface area contributed by atoms with Crippen LogP contribution in [0.5, 0.6) is 0 Å². The van der Waals surface area contributed by atoms with E-state index in [0.29, 0.717) is 6.07 Å². The number of hydrogen-bond donors (Lipinski definition) is 2.